The highest BCUT2D eigenvalue weighted by Crippen LogP contribution is 2.29. The molecule has 6 nitrogen and oxygen atoms in total. The fraction of sp³-hybridized carbons (Fsp3) is 0.154. The number of carboxylic acids is 1. The van der Waals surface area contributed by atoms with E-state index < -0.39 is 12.0 Å². The van der Waals surface area contributed by atoms with Crippen molar-refractivity contribution >= 4 is 23.2 Å². The van der Waals surface area contributed by atoms with E-state index in [1.54, 1.807) is 30.6 Å². The van der Waals surface area contributed by atoms with Crippen LogP contribution in [-0.4, -0.2) is 27.0 Å². The summed E-state index contributed by atoms with van der Waals surface area (Å²) in [6.07, 6.45) is 3.42. The Bertz CT molecular complexity index is 1280. The van der Waals surface area contributed by atoms with E-state index in [4.69, 9.17) is 0 Å². The van der Waals surface area contributed by atoms with E-state index in [1.807, 2.05) is 56.3 Å². The fourth-order valence-corrected chi connectivity index (χ4v) is 4.57. The minimum atomic E-state index is -1.16. The molecular formula is C26H23N3O3S. The number of aryl methyl sites for hydroxylation is 2. The van der Waals surface area contributed by atoms with Crippen LogP contribution in [0.3, 0.4) is 0 Å². The van der Waals surface area contributed by atoms with Gasteiger partial charge in [0.2, 0.25) is 5.91 Å². The quantitative estimate of drug-likeness (QED) is 0.409. The molecule has 7 heteroatoms. The summed E-state index contributed by atoms with van der Waals surface area (Å²) in [6, 6.07) is 17.7. The number of carbonyl (C=O) groups is 2. The number of pyridine rings is 1. The molecule has 0 spiro atoms. The molecule has 33 heavy (non-hydrogen) atoms. The lowest BCUT2D eigenvalue weighted by atomic mass is 10.00. The Kier molecular flexibility index (Phi) is 6.60. The van der Waals surface area contributed by atoms with Crippen molar-refractivity contribution in [3.8, 4) is 22.4 Å². The van der Waals surface area contributed by atoms with Crippen LogP contribution in [0.4, 0.5) is 0 Å². The van der Waals surface area contributed by atoms with Crippen LogP contribution in [0.2, 0.25) is 0 Å². The molecule has 0 bridgehead atoms. The second-order valence-corrected chi connectivity index (χ2v) is 9.04. The smallest absolute Gasteiger partial charge is 0.330 e. The van der Waals surface area contributed by atoms with Gasteiger partial charge in [-0.25, -0.2) is 9.78 Å². The molecule has 0 saturated heterocycles. The number of thiazole rings is 1. The molecule has 1 atom stereocenters. The van der Waals surface area contributed by atoms with Crippen molar-refractivity contribution in [3.05, 3.63) is 94.1 Å². The summed E-state index contributed by atoms with van der Waals surface area (Å²) in [5.74, 6) is -1.48. The topological polar surface area (TPSA) is 92.2 Å². The third kappa shape index (κ3) is 5.32. The van der Waals surface area contributed by atoms with Gasteiger partial charge in [-0.05, 0) is 48.7 Å². The van der Waals surface area contributed by atoms with Gasteiger partial charge in [-0.1, -0.05) is 48.0 Å². The predicted octanol–water partition coefficient (Wildman–Crippen LogP) is 4.97. The highest BCUT2D eigenvalue weighted by molar-refractivity contribution is 7.12. The molecule has 2 heterocycles. The van der Waals surface area contributed by atoms with Crippen LogP contribution in [0.15, 0.2) is 73.1 Å². The van der Waals surface area contributed by atoms with Crippen molar-refractivity contribution in [1.29, 1.82) is 0 Å². The van der Waals surface area contributed by atoms with E-state index in [-0.39, 0.29) is 12.3 Å². The van der Waals surface area contributed by atoms with Crippen molar-refractivity contribution in [2.24, 2.45) is 0 Å². The molecule has 1 amide bonds. The first-order chi connectivity index (χ1) is 15.9. The first-order valence-electron chi connectivity index (χ1n) is 10.5. The number of benzene rings is 2. The third-order valence-electron chi connectivity index (χ3n) is 5.24. The van der Waals surface area contributed by atoms with E-state index >= 15 is 0 Å². The lowest BCUT2D eigenvalue weighted by Gasteiger charge is -2.16. The molecular weight excluding hydrogens is 434 g/mol. The number of aliphatic carboxylic acids is 1. The average Bonchev–Trinajstić information content (AvgIpc) is 3.18. The Morgan fingerprint density at radius 1 is 0.970 bits per heavy atom. The van der Waals surface area contributed by atoms with E-state index in [0.717, 1.165) is 37.8 Å². The Hall–Kier alpha value is -3.84. The van der Waals surface area contributed by atoms with Gasteiger partial charge in [-0.2, -0.15) is 0 Å². The number of hydrogen-bond acceptors (Lipinski definition) is 5. The van der Waals surface area contributed by atoms with Crippen molar-refractivity contribution in [2.75, 3.05) is 0 Å². The second-order valence-electron chi connectivity index (χ2n) is 7.75. The van der Waals surface area contributed by atoms with Crippen LogP contribution in [0.5, 0.6) is 0 Å². The summed E-state index contributed by atoms with van der Waals surface area (Å²) in [4.78, 5) is 34.3. The number of nitrogens with zero attached hydrogens (tertiary/aromatic N) is 2. The zero-order chi connectivity index (χ0) is 23.4. The first-order valence-corrected chi connectivity index (χ1v) is 11.3. The Labute approximate surface area is 196 Å². The van der Waals surface area contributed by atoms with Gasteiger partial charge in [0.1, 0.15) is 0 Å². The normalized spacial score (nSPS) is 11.7. The number of hydrogen-bond donors (Lipinski definition) is 2. The monoisotopic (exact) mass is 457 g/mol. The molecule has 0 fully saturated rings. The highest BCUT2D eigenvalue weighted by atomic mass is 32.1. The summed E-state index contributed by atoms with van der Waals surface area (Å²) in [6.45, 7) is 3.91. The summed E-state index contributed by atoms with van der Waals surface area (Å²) in [5.41, 5.74) is 5.12. The van der Waals surface area contributed by atoms with Crippen LogP contribution in [0.25, 0.3) is 22.4 Å². The standard InChI is InChI=1S/C26H23N3O3S/c1-16-6-8-19(9-7-16)24-22(33-17(2)28-24)15-23(30)29-25(26(31)32)21-5-3-4-20(14-21)18-10-12-27-13-11-18/h3-14,25H,15H2,1-2H3,(H,29,30)(H,31,32). The maximum Gasteiger partial charge on any atom is 0.330 e. The largest absolute Gasteiger partial charge is 0.479 e. The Morgan fingerprint density at radius 2 is 1.70 bits per heavy atom. The molecule has 4 rings (SSSR count). The summed E-state index contributed by atoms with van der Waals surface area (Å²) in [7, 11) is 0. The van der Waals surface area contributed by atoms with E-state index in [1.165, 1.54) is 11.3 Å². The van der Waals surface area contributed by atoms with Gasteiger partial charge < -0.3 is 10.4 Å². The van der Waals surface area contributed by atoms with Crippen LogP contribution < -0.4 is 5.32 Å². The van der Waals surface area contributed by atoms with Gasteiger partial charge in [0.05, 0.1) is 17.1 Å². The number of carboxylic acid groups (broad SMARTS) is 1. The molecule has 2 N–H and O–H groups in total. The Balaban J connectivity index is 1.55. The van der Waals surface area contributed by atoms with Crippen molar-refractivity contribution in [2.45, 2.75) is 26.3 Å². The molecule has 166 valence electrons. The molecule has 1 unspecified atom stereocenters. The number of nitrogens with one attached hydrogen (secondary N) is 1. The van der Waals surface area contributed by atoms with E-state index in [2.05, 4.69) is 15.3 Å². The average molecular weight is 458 g/mol. The molecule has 2 aromatic carbocycles. The molecule has 2 aromatic heterocycles. The SMILES string of the molecule is Cc1ccc(-c2nc(C)sc2CC(=O)NC(C(=O)O)c2cccc(-c3ccncc3)c2)cc1. The van der Waals surface area contributed by atoms with Crippen molar-refractivity contribution < 1.29 is 14.7 Å². The molecule has 0 radical (unpaired) electrons. The van der Waals surface area contributed by atoms with Gasteiger partial charge in [-0.15, -0.1) is 11.3 Å². The number of carbonyl (C=O) groups excluding carboxylic acids is 1. The molecule has 4 aromatic rings. The number of amides is 1. The van der Waals surface area contributed by atoms with Crippen molar-refractivity contribution in [1.82, 2.24) is 15.3 Å². The lowest BCUT2D eigenvalue weighted by molar-refractivity contribution is -0.141. The van der Waals surface area contributed by atoms with Crippen molar-refractivity contribution in [3.63, 3.8) is 0 Å². The maximum atomic E-state index is 12.9. The molecule has 0 aliphatic rings. The first kappa shape index (κ1) is 22.4. The minimum Gasteiger partial charge on any atom is -0.479 e. The molecule has 0 aliphatic carbocycles. The van der Waals surface area contributed by atoms with Gasteiger partial charge >= 0.3 is 5.97 Å². The van der Waals surface area contributed by atoms with Gasteiger partial charge in [0, 0.05) is 22.8 Å². The zero-order valence-corrected chi connectivity index (χ0v) is 19.1. The van der Waals surface area contributed by atoms with Crippen LogP contribution >= 0.6 is 11.3 Å². The van der Waals surface area contributed by atoms with E-state index in [0.29, 0.717) is 5.56 Å². The van der Waals surface area contributed by atoms with Crippen LogP contribution in [0.1, 0.15) is 27.1 Å². The van der Waals surface area contributed by atoms with Gasteiger partial charge in [0.25, 0.3) is 0 Å². The molecule has 0 saturated carbocycles. The molecule has 0 aliphatic heterocycles. The summed E-state index contributed by atoms with van der Waals surface area (Å²) in [5, 5.41) is 13.4. The van der Waals surface area contributed by atoms with Crippen LogP contribution in [-0.2, 0) is 16.0 Å². The highest BCUT2D eigenvalue weighted by Gasteiger charge is 2.24. The minimum absolute atomic E-state index is 0.0581. The second kappa shape index (κ2) is 9.75. The Morgan fingerprint density at radius 3 is 2.39 bits per heavy atom. The lowest BCUT2D eigenvalue weighted by Crippen LogP contribution is -2.34. The summed E-state index contributed by atoms with van der Waals surface area (Å²) >= 11 is 1.45. The van der Waals surface area contributed by atoms with Gasteiger partial charge in [0.15, 0.2) is 6.04 Å². The zero-order valence-electron chi connectivity index (χ0n) is 18.3. The van der Waals surface area contributed by atoms with Crippen LogP contribution in [0, 0.1) is 13.8 Å². The maximum absolute atomic E-state index is 12.9. The van der Waals surface area contributed by atoms with Gasteiger partial charge in [-0.3, -0.25) is 9.78 Å². The van der Waals surface area contributed by atoms with E-state index in [9.17, 15) is 14.7 Å². The fourth-order valence-electron chi connectivity index (χ4n) is 3.61. The number of rotatable bonds is 7. The number of aromatic nitrogens is 2. The predicted molar refractivity (Wildman–Crippen MR) is 129 cm³/mol. The third-order valence-corrected chi connectivity index (χ3v) is 6.21. The summed E-state index contributed by atoms with van der Waals surface area (Å²) < 4.78 is 0.